The van der Waals surface area contributed by atoms with Gasteiger partial charge in [0.2, 0.25) is 0 Å². The minimum atomic E-state index is 0. The molecule has 2 aliphatic rings. The van der Waals surface area contributed by atoms with E-state index in [9.17, 15) is 0 Å². The van der Waals surface area contributed by atoms with Gasteiger partial charge in [-0.3, -0.25) is 5.41 Å². The highest BCUT2D eigenvalue weighted by atomic mass is 15.3. The van der Waals surface area contributed by atoms with Gasteiger partial charge in [-0.15, -0.1) is 0 Å². The van der Waals surface area contributed by atoms with E-state index in [0.717, 1.165) is 19.0 Å². The Hall–Kier alpha value is -0.770. The summed E-state index contributed by atoms with van der Waals surface area (Å²) < 4.78 is 0. The Balaban J connectivity index is 0. The highest BCUT2D eigenvalue weighted by Crippen LogP contribution is 2.33. The van der Waals surface area contributed by atoms with Crippen LogP contribution in [-0.2, 0) is 0 Å². The average molecular weight is 301 g/mol. The Bertz CT molecular complexity index is 302. The minimum Gasteiger partial charge on any atom is -0.370 e. The fourth-order valence-corrected chi connectivity index (χ4v) is 2.12. The van der Waals surface area contributed by atoms with E-state index >= 15 is 0 Å². The number of rotatable bonds is 0. The second-order valence-corrected chi connectivity index (χ2v) is 8.07. The summed E-state index contributed by atoms with van der Waals surface area (Å²) in [6.07, 6.45) is 0. The summed E-state index contributed by atoms with van der Waals surface area (Å²) in [7, 11) is 0. The van der Waals surface area contributed by atoms with E-state index < -0.39 is 0 Å². The number of nitrogens with two attached hydrogens (primary N) is 1. The van der Waals surface area contributed by atoms with Crippen molar-refractivity contribution >= 4 is 5.96 Å². The molecule has 2 heterocycles. The highest BCUT2D eigenvalue weighted by Gasteiger charge is 2.36. The SMILES string of the molecule is C.C.CC(C)(C)C1CN(C(=N)N)C1.CC(C)(C)C1CNC1. The molecule has 0 aromatic rings. The lowest BCUT2D eigenvalue weighted by atomic mass is 9.76. The lowest BCUT2D eigenvalue weighted by Gasteiger charge is -2.46. The Morgan fingerprint density at radius 3 is 1.48 bits per heavy atom. The normalized spacial score (nSPS) is 19.0. The zero-order chi connectivity index (χ0) is 14.8. The molecular formula is C17H40N4. The van der Waals surface area contributed by atoms with Crippen LogP contribution in [0.1, 0.15) is 56.4 Å². The molecule has 0 amide bonds. The third-order valence-electron chi connectivity index (χ3n) is 4.45. The molecule has 0 bridgehead atoms. The molecule has 4 heteroatoms. The summed E-state index contributed by atoms with van der Waals surface area (Å²) in [5.74, 6) is 1.83. The van der Waals surface area contributed by atoms with Crippen LogP contribution in [0, 0.1) is 28.1 Å². The molecule has 0 saturated carbocycles. The molecule has 4 nitrogen and oxygen atoms in total. The molecule has 0 aromatic heterocycles. The van der Waals surface area contributed by atoms with Crippen molar-refractivity contribution in [3.63, 3.8) is 0 Å². The van der Waals surface area contributed by atoms with Gasteiger partial charge < -0.3 is 16.0 Å². The maximum Gasteiger partial charge on any atom is 0.188 e. The first kappa shape index (κ1) is 22.5. The summed E-state index contributed by atoms with van der Waals surface area (Å²) in [6.45, 7) is 18.0. The first-order chi connectivity index (χ1) is 8.51. The van der Waals surface area contributed by atoms with Gasteiger partial charge in [0, 0.05) is 13.1 Å². The molecule has 0 radical (unpaired) electrons. The van der Waals surface area contributed by atoms with Crippen LogP contribution in [0.4, 0.5) is 0 Å². The number of guanidine groups is 1. The first-order valence-electron chi connectivity index (χ1n) is 7.31. The quantitative estimate of drug-likeness (QED) is 0.474. The van der Waals surface area contributed by atoms with Crippen molar-refractivity contribution < 1.29 is 0 Å². The topological polar surface area (TPSA) is 65.1 Å². The molecule has 2 saturated heterocycles. The Morgan fingerprint density at radius 1 is 0.952 bits per heavy atom. The molecule has 2 fully saturated rings. The largest absolute Gasteiger partial charge is 0.370 e. The first-order valence-corrected chi connectivity index (χ1v) is 7.31. The van der Waals surface area contributed by atoms with Gasteiger partial charge in [0.25, 0.3) is 0 Å². The van der Waals surface area contributed by atoms with Crippen molar-refractivity contribution in [2.24, 2.45) is 28.4 Å². The Labute approximate surface area is 133 Å². The predicted octanol–water partition coefficient (Wildman–Crippen LogP) is 3.38. The minimum absolute atomic E-state index is 0. The van der Waals surface area contributed by atoms with Crippen LogP contribution in [0.5, 0.6) is 0 Å². The van der Waals surface area contributed by atoms with Gasteiger partial charge in [0.05, 0.1) is 0 Å². The van der Waals surface area contributed by atoms with Crippen LogP contribution in [0.15, 0.2) is 0 Å². The van der Waals surface area contributed by atoms with Crippen LogP contribution in [-0.4, -0.2) is 37.0 Å². The average Bonchev–Trinajstić information content (AvgIpc) is 1.88. The standard InChI is InChI=1S/C8H17N3.C7H15N.2CH4/c1-8(2,3)6-4-11(5-6)7(9)10;1-7(2,3)6-4-8-5-6;;/h6H,4-5H2,1-3H3,(H3,9,10);6,8H,4-5H2,1-3H3;2*1H4. The van der Waals surface area contributed by atoms with Gasteiger partial charge in [0.1, 0.15) is 0 Å². The number of nitrogens with zero attached hydrogens (tertiary/aromatic N) is 1. The number of likely N-dealkylation sites (tertiary alicyclic amines) is 1. The van der Waals surface area contributed by atoms with Gasteiger partial charge in [-0.25, -0.2) is 0 Å². The lowest BCUT2D eigenvalue weighted by molar-refractivity contribution is 0.0772. The summed E-state index contributed by atoms with van der Waals surface area (Å²) >= 11 is 0. The molecule has 0 spiro atoms. The smallest absolute Gasteiger partial charge is 0.188 e. The second-order valence-electron chi connectivity index (χ2n) is 8.07. The molecule has 0 aliphatic carbocycles. The Kier molecular flexibility index (Phi) is 8.60. The Morgan fingerprint density at radius 2 is 1.33 bits per heavy atom. The van der Waals surface area contributed by atoms with E-state index in [4.69, 9.17) is 11.1 Å². The molecule has 2 aliphatic heterocycles. The van der Waals surface area contributed by atoms with Gasteiger partial charge in [-0.05, 0) is 35.8 Å². The van der Waals surface area contributed by atoms with E-state index in [2.05, 4.69) is 46.9 Å². The van der Waals surface area contributed by atoms with E-state index in [1.54, 1.807) is 0 Å². The lowest BCUT2D eigenvalue weighted by Crippen LogP contribution is -2.56. The summed E-state index contributed by atoms with van der Waals surface area (Å²) in [5, 5.41) is 10.4. The predicted molar refractivity (Wildman–Crippen MR) is 95.7 cm³/mol. The third kappa shape index (κ3) is 6.68. The van der Waals surface area contributed by atoms with Crippen molar-refractivity contribution in [2.45, 2.75) is 56.4 Å². The summed E-state index contributed by atoms with van der Waals surface area (Å²) in [6, 6.07) is 0. The second kappa shape index (κ2) is 8.02. The van der Waals surface area contributed by atoms with E-state index in [-0.39, 0.29) is 20.8 Å². The molecule has 0 atom stereocenters. The third-order valence-corrected chi connectivity index (χ3v) is 4.45. The fourth-order valence-electron chi connectivity index (χ4n) is 2.12. The number of hydrogen-bond acceptors (Lipinski definition) is 2. The molecule has 0 aromatic carbocycles. The zero-order valence-corrected chi connectivity index (χ0v) is 13.5. The monoisotopic (exact) mass is 300 g/mol. The van der Waals surface area contributed by atoms with Crippen LogP contribution in [0.3, 0.4) is 0 Å². The van der Waals surface area contributed by atoms with Gasteiger partial charge in [-0.2, -0.15) is 0 Å². The molecule has 21 heavy (non-hydrogen) atoms. The highest BCUT2D eigenvalue weighted by molar-refractivity contribution is 5.75. The maximum absolute atomic E-state index is 7.15. The number of nitrogens with one attached hydrogen (secondary N) is 2. The van der Waals surface area contributed by atoms with Crippen LogP contribution in [0.2, 0.25) is 0 Å². The van der Waals surface area contributed by atoms with Crippen molar-refractivity contribution in [2.75, 3.05) is 26.2 Å². The van der Waals surface area contributed by atoms with Gasteiger partial charge in [-0.1, -0.05) is 56.4 Å². The molecule has 128 valence electrons. The molecule has 2 rings (SSSR count). The van der Waals surface area contributed by atoms with E-state index in [1.807, 2.05) is 4.90 Å². The van der Waals surface area contributed by atoms with Crippen LogP contribution >= 0.6 is 0 Å². The molecular weight excluding hydrogens is 260 g/mol. The van der Waals surface area contributed by atoms with Crippen molar-refractivity contribution in [1.29, 1.82) is 5.41 Å². The van der Waals surface area contributed by atoms with Gasteiger partial charge >= 0.3 is 0 Å². The van der Waals surface area contributed by atoms with Crippen molar-refractivity contribution in [3.8, 4) is 0 Å². The fraction of sp³-hybridized carbons (Fsp3) is 0.941. The van der Waals surface area contributed by atoms with Crippen molar-refractivity contribution in [3.05, 3.63) is 0 Å². The molecule has 4 N–H and O–H groups in total. The molecule has 0 unspecified atom stereocenters. The van der Waals surface area contributed by atoms with Crippen LogP contribution < -0.4 is 11.1 Å². The van der Waals surface area contributed by atoms with E-state index in [0.29, 0.717) is 16.7 Å². The van der Waals surface area contributed by atoms with E-state index in [1.165, 1.54) is 13.1 Å². The van der Waals surface area contributed by atoms with Crippen LogP contribution in [0.25, 0.3) is 0 Å². The van der Waals surface area contributed by atoms with Crippen molar-refractivity contribution in [1.82, 2.24) is 10.2 Å². The maximum atomic E-state index is 7.15. The van der Waals surface area contributed by atoms with Gasteiger partial charge in [0.15, 0.2) is 5.96 Å². The summed E-state index contributed by atoms with van der Waals surface area (Å²) in [4.78, 5) is 1.90. The summed E-state index contributed by atoms with van der Waals surface area (Å²) in [5.41, 5.74) is 6.21. The zero-order valence-electron chi connectivity index (χ0n) is 13.5. The number of hydrogen-bond donors (Lipinski definition) is 3.